The number of allylic oxidation sites excluding steroid dienone is 5. The lowest BCUT2D eigenvalue weighted by atomic mass is 10.2. The molecule has 4 nitrogen and oxygen atoms in total. The van der Waals surface area contributed by atoms with Gasteiger partial charge in [0.05, 0.1) is 15.9 Å². The monoisotopic (exact) mass is 355 g/mol. The van der Waals surface area contributed by atoms with Crippen LogP contribution in [0.5, 0.6) is 0 Å². The molecule has 0 aliphatic heterocycles. The standard InChI is InChI=1S/C16H15N3S.C2H4O.C2H6/c1-2-17-19-13-7-5-6-12(10-11-13)16-18-14-8-3-4-9-15(14)20-16;1-2-3;1-2/h2-5,7-11,19H,6H2,1H3;2H,1H3;1-2H3/b17-2-;;. The van der Waals surface area contributed by atoms with Gasteiger partial charge in [0, 0.05) is 6.21 Å². The first-order valence-electron chi connectivity index (χ1n) is 8.35. The molecule has 0 fully saturated rings. The number of thiazole rings is 1. The molecule has 132 valence electrons. The summed E-state index contributed by atoms with van der Waals surface area (Å²) < 4.78 is 1.23. The molecule has 3 rings (SSSR count). The molecule has 0 saturated carbocycles. The van der Waals surface area contributed by atoms with E-state index in [1.165, 1.54) is 17.2 Å². The van der Waals surface area contributed by atoms with Gasteiger partial charge < -0.3 is 4.79 Å². The van der Waals surface area contributed by atoms with E-state index in [1.54, 1.807) is 17.6 Å². The summed E-state index contributed by atoms with van der Waals surface area (Å²) in [5.74, 6) is 0. The second-order valence-corrected chi connectivity index (χ2v) is 5.67. The maximum atomic E-state index is 8.81. The zero-order valence-electron chi connectivity index (χ0n) is 15.2. The molecule has 0 unspecified atom stereocenters. The van der Waals surface area contributed by atoms with Crippen LogP contribution in [0.15, 0.2) is 59.4 Å². The number of fused-ring (bicyclic) bond motifs is 1. The Morgan fingerprint density at radius 3 is 2.60 bits per heavy atom. The smallest absolute Gasteiger partial charge is 0.120 e. The van der Waals surface area contributed by atoms with Crippen molar-refractivity contribution in [1.82, 2.24) is 10.4 Å². The van der Waals surface area contributed by atoms with Gasteiger partial charge >= 0.3 is 0 Å². The van der Waals surface area contributed by atoms with Gasteiger partial charge in [-0.15, -0.1) is 11.3 Å². The molecule has 2 aromatic rings. The summed E-state index contributed by atoms with van der Waals surface area (Å²) >= 11 is 1.74. The zero-order valence-corrected chi connectivity index (χ0v) is 16.0. The second-order valence-electron chi connectivity index (χ2n) is 4.64. The van der Waals surface area contributed by atoms with Crippen LogP contribution in [0.4, 0.5) is 0 Å². The fourth-order valence-corrected chi connectivity index (χ4v) is 3.01. The van der Waals surface area contributed by atoms with E-state index in [1.807, 2.05) is 39.0 Å². The molecule has 1 aromatic carbocycles. The lowest BCUT2D eigenvalue weighted by molar-refractivity contribution is -0.106. The molecule has 1 heterocycles. The molecule has 0 saturated heterocycles. The molecule has 0 radical (unpaired) electrons. The van der Waals surface area contributed by atoms with Crippen LogP contribution in [-0.4, -0.2) is 17.5 Å². The Bertz CT molecular complexity index is 752. The average Bonchev–Trinajstić information content (AvgIpc) is 2.94. The number of rotatable bonds is 3. The topological polar surface area (TPSA) is 54.4 Å². The Hall–Kier alpha value is -2.53. The van der Waals surface area contributed by atoms with Crippen molar-refractivity contribution in [2.45, 2.75) is 34.1 Å². The lowest BCUT2D eigenvalue weighted by Crippen LogP contribution is -2.01. The first-order chi connectivity index (χ1) is 12.3. The van der Waals surface area contributed by atoms with Gasteiger partial charge in [0.1, 0.15) is 11.3 Å². The van der Waals surface area contributed by atoms with Crippen molar-refractivity contribution in [3.8, 4) is 0 Å². The van der Waals surface area contributed by atoms with E-state index in [-0.39, 0.29) is 0 Å². The molecular weight excluding hydrogens is 330 g/mol. The van der Waals surface area contributed by atoms with Crippen molar-refractivity contribution >= 4 is 39.6 Å². The molecule has 0 atom stereocenters. The molecular formula is C20H25N3OS. The van der Waals surface area contributed by atoms with Gasteiger partial charge in [-0.05, 0) is 50.1 Å². The Morgan fingerprint density at radius 2 is 1.92 bits per heavy atom. The number of carbonyl (C=O) groups is 1. The molecule has 0 amide bonds. The highest BCUT2D eigenvalue weighted by Gasteiger charge is 2.08. The number of aromatic nitrogens is 1. The first kappa shape index (κ1) is 20.5. The van der Waals surface area contributed by atoms with Crippen LogP contribution < -0.4 is 5.43 Å². The van der Waals surface area contributed by atoms with E-state index in [4.69, 9.17) is 9.78 Å². The first-order valence-corrected chi connectivity index (χ1v) is 9.17. The number of benzene rings is 1. The third-order valence-corrected chi connectivity index (χ3v) is 4.10. The van der Waals surface area contributed by atoms with Crippen LogP contribution >= 0.6 is 11.3 Å². The molecule has 0 spiro atoms. The molecule has 1 N–H and O–H groups in total. The van der Waals surface area contributed by atoms with E-state index >= 15 is 0 Å². The Labute approximate surface area is 153 Å². The maximum Gasteiger partial charge on any atom is 0.120 e. The summed E-state index contributed by atoms with van der Waals surface area (Å²) in [6.45, 7) is 7.33. The second kappa shape index (κ2) is 11.9. The number of aldehydes is 1. The number of nitrogens with one attached hydrogen (secondary N) is 1. The van der Waals surface area contributed by atoms with Crippen LogP contribution in [0, 0.1) is 0 Å². The van der Waals surface area contributed by atoms with Crippen molar-refractivity contribution in [1.29, 1.82) is 0 Å². The molecule has 1 aromatic heterocycles. The quantitative estimate of drug-likeness (QED) is 0.459. The Morgan fingerprint density at radius 1 is 1.20 bits per heavy atom. The molecule has 0 bridgehead atoms. The predicted octanol–water partition coefficient (Wildman–Crippen LogP) is 5.35. The number of carbonyl (C=O) groups excluding carboxylic acids is 1. The van der Waals surface area contributed by atoms with E-state index in [9.17, 15) is 0 Å². The number of hydrogen-bond acceptors (Lipinski definition) is 5. The summed E-state index contributed by atoms with van der Waals surface area (Å²) in [4.78, 5) is 13.5. The minimum absolute atomic E-state index is 0.750. The minimum atomic E-state index is 0.750. The normalized spacial score (nSPS) is 13.0. The summed E-state index contributed by atoms with van der Waals surface area (Å²) in [5.41, 5.74) is 6.28. The summed E-state index contributed by atoms with van der Waals surface area (Å²) in [6.07, 6.45) is 11.7. The molecule has 25 heavy (non-hydrogen) atoms. The maximum absolute atomic E-state index is 8.81. The largest absolute Gasteiger partial charge is 0.304 e. The molecule has 1 aliphatic carbocycles. The summed E-state index contributed by atoms with van der Waals surface area (Å²) in [5, 5.41) is 5.12. The number of para-hydroxylation sites is 1. The van der Waals surface area contributed by atoms with Gasteiger partial charge in [-0.1, -0.05) is 38.1 Å². The van der Waals surface area contributed by atoms with Crippen molar-refractivity contribution < 1.29 is 4.79 Å². The number of hydrogen-bond donors (Lipinski definition) is 1. The molecule has 5 heteroatoms. The van der Waals surface area contributed by atoms with Gasteiger partial charge in [0.15, 0.2) is 0 Å². The lowest BCUT2D eigenvalue weighted by Gasteiger charge is -1.96. The van der Waals surface area contributed by atoms with E-state index in [0.29, 0.717) is 0 Å². The van der Waals surface area contributed by atoms with Crippen LogP contribution in [0.3, 0.4) is 0 Å². The SMILES string of the molecule is C/C=N\NC1=CC=C(c2nc3ccccc3s2)CC=C1.CC.CC=O. The van der Waals surface area contributed by atoms with Gasteiger partial charge in [-0.25, -0.2) is 4.98 Å². The number of hydrazone groups is 1. The number of nitrogens with zero attached hydrogens (tertiary/aromatic N) is 2. The van der Waals surface area contributed by atoms with Crippen LogP contribution in [0.25, 0.3) is 15.8 Å². The van der Waals surface area contributed by atoms with Crippen LogP contribution in [0.2, 0.25) is 0 Å². The van der Waals surface area contributed by atoms with Gasteiger partial charge in [0.25, 0.3) is 0 Å². The highest BCUT2D eigenvalue weighted by Crippen LogP contribution is 2.29. The van der Waals surface area contributed by atoms with Crippen molar-refractivity contribution in [3.63, 3.8) is 0 Å². The zero-order chi connectivity index (χ0) is 18.5. The minimum Gasteiger partial charge on any atom is -0.304 e. The van der Waals surface area contributed by atoms with Crippen LogP contribution in [-0.2, 0) is 4.79 Å². The predicted molar refractivity (Wildman–Crippen MR) is 110 cm³/mol. The molecule has 1 aliphatic rings. The van der Waals surface area contributed by atoms with Crippen molar-refractivity contribution in [2.75, 3.05) is 0 Å². The summed E-state index contributed by atoms with van der Waals surface area (Å²) in [7, 11) is 0. The third-order valence-electron chi connectivity index (χ3n) is 2.99. The highest BCUT2D eigenvalue weighted by molar-refractivity contribution is 7.19. The average molecular weight is 356 g/mol. The van der Waals surface area contributed by atoms with Gasteiger partial charge in [-0.3, -0.25) is 5.43 Å². The Kier molecular flexibility index (Phi) is 9.78. The van der Waals surface area contributed by atoms with E-state index in [0.717, 1.165) is 28.9 Å². The van der Waals surface area contributed by atoms with E-state index in [2.05, 4.69) is 40.9 Å². The van der Waals surface area contributed by atoms with Gasteiger partial charge in [0.2, 0.25) is 0 Å². The highest BCUT2D eigenvalue weighted by atomic mass is 32.1. The fraction of sp³-hybridized carbons (Fsp3) is 0.250. The Balaban J connectivity index is 0.000000567. The fourth-order valence-electron chi connectivity index (χ4n) is 2.01. The van der Waals surface area contributed by atoms with Crippen LogP contribution in [0.1, 0.15) is 39.1 Å². The van der Waals surface area contributed by atoms with Gasteiger partial charge in [-0.2, -0.15) is 5.10 Å². The summed E-state index contributed by atoms with van der Waals surface area (Å²) in [6, 6.07) is 8.25. The van der Waals surface area contributed by atoms with Crippen molar-refractivity contribution in [3.05, 3.63) is 59.3 Å². The third kappa shape index (κ3) is 6.47. The van der Waals surface area contributed by atoms with Crippen molar-refractivity contribution in [2.24, 2.45) is 5.10 Å². The van der Waals surface area contributed by atoms with E-state index < -0.39 is 0 Å².